The highest BCUT2D eigenvalue weighted by molar-refractivity contribution is 6.30. The molecular formula is C15H19ClN2O3. The van der Waals surface area contributed by atoms with E-state index in [2.05, 4.69) is 0 Å². The first-order valence-electron chi connectivity index (χ1n) is 7.01. The maximum Gasteiger partial charge on any atom is 0.225 e. The molecule has 1 aromatic rings. The van der Waals surface area contributed by atoms with Crippen molar-refractivity contribution in [2.24, 2.45) is 11.7 Å². The van der Waals surface area contributed by atoms with Gasteiger partial charge in [-0.1, -0.05) is 11.6 Å². The maximum atomic E-state index is 12.0. The first kappa shape index (κ1) is 15.6. The van der Waals surface area contributed by atoms with Crippen LogP contribution in [0.5, 0.6) is 5.75 Å². The van der Waals surface area contributed by atoms with Crippen molar-refractivity contribution < 1.29 is 14.3 Å². The number of hydrogen-bond acceptors (Lipinski definition) is 3. The number of piperidine rings is 1. The van der Waals surface area contributed by atoms with Crippen LogP contribution in [0.3, 0.4) is 0 Å². The fourth-order valence-corrected chi connectivity index (χ4v) is 2.48. The number of primary amides is 1. The van der Waals surface area contributed by atoms with Crippen LogP contribution >= 0.6 is 11.6 Å². The van der Waals surface area contributed by atoms with E-state index in [4.69, 9.17) is 22.1 Å². The Hall–Kier alpha value is -1.75. The minimum atomic E-state index is -0.270. The SMILES string of the molecule is NC(=O)C1CCN(C(=O)CCOc2ccc(Cl)cc2)CC1. The Morgan fingerprint density at radius 3 is 2.43 bits per heavy atom. The highest BCUT2D eigenvalue weighted by Gasteiger charge is 2.25. The van der Waals surface area contributed by atoms with E-state index >= 15 is 0 Å². The van der Waals surface area contributed by atoms with E-state index in [9.17, 15) is 9.59 Å². The van der Waals surface area contributed by atoms with Gasteiger partial charge in [-0.2, -0.15) is 0 Å². The zero-order valence-electron chi connectivity index (χ0n) is 11.8. The van der Waals surface area contributed by atoms with Crippen LogP contribution in [0.4, 0.5) is 0 Å². The zero-order chi connectivity index (χ0) is 15.2. The molecule has 0 saturated carbocycles. The smallest absolute Gasteiger partial charge is 0.225 e. The van der Waals surface area contributed by atoms with E-state index in [0.29, 0.717) is 49.7 Å². The van der Waals surface area contributed by atoms with E-state index in [0.717, 1.165) is 0 Å². The summed E-state index contributed by atoms with van der Waals surface area (Å²) in [6, 6.07) is 7.02. The minimum absolute atomic E-state index is 0.0480. The topological polar surface area (TPSA) is 72.6 Å². The lowest BCUT2D eigenvalue weighted by Gasteiger charge is -2.30. The molecular weight excluding hydrogens is 292 g/mol. The highest BCUT2D eigenvalue weighted by atomic mass is 35.5. The molecule has 1 aliphatic rings. The van der Waals surface area contributed by atoms with Gasteiger partial charge >= 0.3 is 0 Å². The third-order valence-electron chi connectivity index (χ3n) is 3.65. The second-order valence-corrected chi connectivity index (χ2v) is 5.55. The fourth-order valence-electron chi connectivity index (χ4n) is 2.36. The summed E-state index contributed by atoms with van der Waals surface area (Å²) >= 11 is 5.78. The monoisotopic (exact) mass is 310 g/mol. The van der Waals surface area contributed by atoms with Gasteiger partial charge in [0.2, 0.25) is 11.8 Å². The Labute approximate surface area is 129 Å². The van der Waals surface area contributed by atoms with Crippen LogP contribution in [0.15, 0.2) is 24.3 Å². The summed E-state index contributed by atoms with van der Waals surface area (Å²) in [6.07, 6.45) is 1.63. The molecule has 114 valence electrons. The van der Waals surface area contributed by atoms with Gasteiger partial charge in [-0.05, 0) is 37.1 Å². The van der Waals surface area contributed by atoms with Crippen molar-refractivity contribution in [1.29, 1.82) is 0 Å². The molecule has 0 unspecified atom stereocenters. The molecule has 2 N–H and O–H groups in total. The average molecular weight is 311 g/mol. The molecule has 0 aliphatic carbocycles. The largest absolute Gasteiger partial charge is 0.493 e. The number of carbonyl (C=O) groups excluding carboxylic acids is 2. The van der Waals surface area contributed by atoms with Gasteiger partial charge < -0.3 is 15.4 Å². The number of nitrogens with two attached hydrogens (primary N) is 1. The van der Waals surface area contributed by atoms with Gasteiger partial charge in [0.25, 0.3) is 0 Å². The number of rotatable bonds is 5. The molecule has 1 fully saturated rings. The number of carbonyl (C=O) groups is 2. The van der Waals surface area contributed by atoms with Gasteiger partial charge in [0, 0.05) is 24.0 Å². The summed E-state index contributed by atoms with van der Waals surface area (Å²) in [7, 11) is 0. The molecule has 0 atom stereocenters. The molecule has 1 heterocycles. The van der Waals surface area contributed by atoms with Gasteiger partial charge in [-0.3, -0.25) is 9.59 Å². The quantitative estimate of drug-likeness (QED) is 0.902. The van der Waals surface area contributed by atoms with Crippen LogP contribution in [-0.2, 0) is 9.59 Å². The first-order valence-corrected chi connectivity index (χ1v) is 7.39. The van der Waals surface area contributed by atoms with Gasteiger partial charge in [-0.15, -0.1) is 0 Å². The third kappa shape index (κ3) is 4.63. The van der Waals surface area contributed by atoms with Crippen LogP contribution < -0.4 is 10.5 Å². The van der Waals surface area contributed by atoms with Crippen LogP contribution in [0.2, 0.25) is 5.02 Å². The van der Waals surface area contributed by atoms with E-state index in [-0.39, 0.29) is 17.7 Å². The molecule has 2 amide bonds. The van der Waals surface area contributed by atoms with Gasteiger partial charge in [-0.25, -0.2) is 0 Å². The minimum Gasteiger partial charge on any atom is -0.493 e. The molecule has 21 heavy (non-hydrogen) atoms. The highest BCUT2D eigenvalue weighted by Crippen LogP contribution is 2.18. The number of hydrogen-bond donors (Lipinski definition) is 1. The van der Waals surface area contributed by atoms with Crippen LogP contribution in [-0.4, -0.2) is 36.4 Å². The van der Waals surface area contributed by atoms with Gasteiger partial charge in [0.15, 0.2) is 0 Å². The zero-order valence-corrected chi connectivity index (χ0v) is 12.5. The molecule has 1 saturated heterocycles. The number of ether oxygens (including phenoxy) is 1. The molecule has 5 nitrogen and oxygen atoms in total. The standard InChI is InChI=1S/C15H19ClN2O3/c16-12-1-3-13(4-2-12)21-10-7-14(19)18-8-5-11(6-9-18)15(17)20/h1-4,11H,5-10H2,(H2,17,20). The van der Waals surface area contributed by atoms with E-state index in [1.54, 1.807) is 29.2 Å². The normalized spacial score (nSPS) is 15.8. The predicted octanol–water partition coefficient (Wildman–Crippen LogP) is 1.83. The molecule has 1 aromatic carbocycles. The molecule has 2 rings (SSSR count). The Bertz CT molecular complexity index is 496. The Balaban J connectivity index is 1.70. The number of amides is 2. The lowest BCUT2D eigenvalue weighted by molar-refractivity contribution is -0.135. The summed E-state index contributed by atoms with van der Waals surface area (Å²) in [6.45, 7) is 1.51. The molecule has 1 aliphatic heterocycles. The Morgan fingerprint density at radius 2 is 1.86 bits per heavy atom. The van der Waals surface area contributed by atoms with Crippen LogP contribution in [0.25, 0.3) is 0 Å². The van der Waals surface area contributed by atoms with Crippen LogP contribution in [0, 0.1) is 5.92 Å². The van der Waals surface area contributed by atoms with Crippen molar-refractivity contribution in [2.75, 3.05) is 19.7 Å². The van der Waals surface area contributed by atoms with Crippen molar-refractivity contribution in [2.45, 2.75) is 19.3 Å². The van der Waals surface area contributed by atoms with Crippen molar-refractivity contribution in [1.82, 2.24) is 4.90 Å². The molecule has 0 bridgehead atoms. The third-order valence-corrected chi connectivity index (χ3v) is 3.90. The lowest BCUT2D eigenvalue weighted by Crippen LogP contribution is -2.42. The second kappa shape index (κ2) is 7.31. The number of nitrogens with zero attached hydrogens (tertiary/aromatic N) is 1. The number of benzene rings is 1. The fraction of sp³-hybridized carbons (Fsp3) is 0.467. The predicted molar refractivity (Wildman–Crippen MR) is 80.1 cm³/mol. The number of likely N-dealkylation sites (tertiary alicyclic amines) is 1. The van der Waals surface area contributed by atoms with Crippen molar-refractivity contribution in [3.05, 3.63) is 29.3 Å². The number of halogens is 1. The molecule has 0 spiro atoms. The second-order valence-electron chi connectivity index (χ2n) is 5.11. The van der Waals surface area contributed by atoms with Crippen molar-refractivity contribution in [3.8, 4) is 5.75 Å². The van der Waals surface area contributed by atoms with Crippen molar-refractivity contribution >= 4 is 23.4 Å². The van der Waals surface area contributed by atoms with E-state index < -0.39 is 0 Å². The molecule has 0 radical (unpaired) electrons. The van der Waals surface area contributed by atoms with Crippen molar-refractivity contribution in [3.63, 3.8) is 0 Å². The van der Waals surface area contributed by atoms with Crippen LogP contribution in [0.1, 0.15) is 19.3 Å². The van der Waals surface area contributed by atoms with Gasteiger partial charge in [0.05, 0.1) is 13.0 Å². The summed E-state index contributed by atoms with van der Waals surface area (Å²) in [5.74, 6) is 0.374. The van der Waals surface area contributed by atoms with Gasteiger partial charge in [0.1, 0.15) is 5.75 Å². The average Bonchev–Trinajstić information content (AvgIpc) is 2.49. The van der Waals surface area contributed by atoms with E-state index in [1.807, 2.05) is 0 Å². The van der Waals surface area contributed by atoms with E-state index in [1.165, 1.54) is 0 Å². The molecule has 0 aromatic heterocycles. The summed E-state index contributed by atoms with van der Waals surface area (Å²) in [4.78, 5) is 24.9. The summed E-state index contributed by atoms with van der Waals surface area (Å²) < 4.78 is 5.50. The lowest BCUT2D eigenvalue weighted by atomic mass is 9.96. The first-order chi connectivity index (χ1) is 10.1. The Kier molecular flexibility index (Phi) is 5.44. The Morgan fingerprint density at radius 1 is 1.24 bits per heavy atom. The summed E-state index contributed by atoms with van der Waals surface area (Å²) in [5, 5.41) is 0.649. The molecule has 6 heteroatoms. The summed E-state index contributed by atoms with van der Waals surface area (Å²) in [5.41, 5.74) is 5.27. The maximum absolute atomic E-state index is 12.0.